The van der Waals surface area contributed by atoms with Crippen LogP contribution in [0.15, 0.2) is 52.2 Å². The van der Waals surface area contributed by atoms with Crippen LogP contribution in [0, 0.1) is 0 Å². The molecular formula is C16H13N3OS2. The second kappa shape index (κ2) is 5.62. The summed E-state index contributed by atoms with van der Waals surface area (Å²) in [5.41, 5.74) is 3.56. The van der Waals surface area contributed by atoms with Gasteiger partial charge in [0, 0.05) is 21.6 Å². The Hall–Kier alpha value is -2.05. The third-order valence-electron chi connectivity index (χ3n) is 3.70. The third-order valence-corrected chi connectivity index (χ3v) is 5.57. The van der Waals surface area contributed by atoms with E-state index >= 15 is 0 Å². The first-order valence-electron chi connectivity index (χ1n) is 6.91. The number of nitrogens with zero attached hydrogens (tertiary/aromatic N) is 1. The molecule has 22 heavy (non-hydrogen) atoms. The van der Waals surface area contributed by atoms with Crippen LogP contribution in [0.4, 0.5) is 0 Å². The van der Waals surface area contributed by atoms with Crippen LogP contribution < -0.4 is 5.32 Å². The van der Waals surface area contributed by atoms with Crippen LogP contribution in [-0.4, -0.2) is 21.9 Å². The zero-order chi connectivity index (χ0) is 14.9. The first-order valence-corrected chi connectivity index (χ1v) is 8.84. The van der Waals surface area contributed by atoms with E-state index in [2.05, 4.69) is 27.6 Å². The van der Waals surface area contributed by atoms with Crippen molar-refractivity contribution in [2.24, 2.45) is 0 Å². The molecule has 1 amide bonds. The van der Waals surface area contributed by atoms with E-state index in [4.69, 9.17) is 0 Å². The number of nitrogens with one attached hydrogen (secondary N) is 2. The van der Waals surface area contributed by atoms with Crippen molar-refractivity contribution in [2.75, 3.05) is 5.75 Å². The summed E-state index contributed by atoms with van der Waals surface area (Å²) in [6.07, 6.45) is 1.59. The fraction of sp³-hybridized carbons (Fsp3) is 0.125. The van der Waals surface area contributed by atoms with E-state index < -0.39 is 0 Å². The van der Waals surface area contributed by atoms with Gasteiger partial charge >= 0.3 is 0 Å². The Morgan fingerprint density at radius 1 is 1.32 bits per heavy atom. The van der Waals surface area contributed by atoms with Crippen LogP contribution in [0.25, 0.3) is 11.3 Å². The molecule has 0 saturated carbocycles. The van der Waals surface area contributed by atoms with E-state index in [1.54, 1.807) is 29.3 Å². The van der Waals surface area contributed by atoms with Crippen molar-refractivity contribution >= 4 is 29.0 Å². The van der Waals surface area contributed by atoms with Crippen LogP contribution in [0.5, 0.6) is 0 Å². The second-order valence-corrected chi connectivity index (χ2v) is 6.89. The second-order valence-electron chi connectivity index (χ2n) is 5.05. The lowest BCUT2D eigenvalue weighted by molar-refractivity contribution is 0.0941. The number of thioether (sulfide) groups is 1. The van der Waals surface area contributed by atoms with Crippen molar-refractivity contribution in [1.29, 1.82) is 0 Å². The maximum atomic E-state index is 12.6. The van der Waals surface area contributed by atoms with Gasteiger partial charge in [0.1, 0.15) is 0 Å². The van der Waals surface area contributed by atoms with Gasteiger partial charge in [-0.05, 0) is 23.1 Å². The van der Waals surface area contributed by atoms with Gasteiger partial charge in [-0.2, -0.15) is 16.4 Å². The molecule has 4 rings (SSSR count). The van der Waals surface area contributed by atoms with E-state index in [-0.39, 0.29) is 11.9 Å². The number of benzene rings is 1. The number of hydrogen-bond donors (Lipinski definition) is 2. The molecular weight excluding hydrogens is 314 g/mol. The highest BCUT2D eigenvalue weighted by molar-refractivity contribution is 7.99. The van der Waals surface area contributed by atoms with Crippen molar-refractivity contribution < 1.29 is 4.79 Å². The summed E-state index contributed by atoms with van der Waals surface area (Å²) in [6, 6.07) is 10.3. The SMILES string of the molecule is O=C(NC1CSc2ccccc21)c1cn[nH]c1-c1ccsc1. The number of aromatic nitrogens is 2. The van der Waals surface area contributed by atoms with E-state index in [0.29, 0.717) is 5.56 Å². The number of thiophene rings is 1. The Bertz CT molecular complexity index is 810. The van der Waals surface area contributed by atoms with Gasteiger partial charge in [-0.25, -0.2) is 0 Å². The first kappa shape index (κ1) is 13.6. The highest BCUT2D eigenvalue weighted by atomic mass is 32.2. The van der Waals surface area contributed by atoms with Gasteiger partial charge in [0.15, 0.2) is 0 Å². The minimum atomic E-state index is -0.0859. The number of amides is 1. The first-order chi connectivity index (χ1) is 10.8. The Kier molecular flexibility index (Phi) is 3.48. The molecule has 1 aromatic carbocycles. The average molecular weight is 327 g/mol. The molecule has 0 aliphatic carbocycles. The molecule has 0 spiro atoms. The largest absolute Gasteiger partial charge is 0.344 e. The number of H-pyrrole nitrogens is 1. The van der Waals surface area contributed by atoms with E-state index in [1.807, 2.05) is 29.0 Å². The fourth-order valence-electron chi connectivity index (χ4n) is 2.60. The van der Waals surface area contributed by atoms with Crippen LogP contribution in [0.3, 0.4) is 0 Å². The predicted molar refractivity (Wildman–Crippen MR) is 89.3 cm³/mol. The van der Waals surface area contributed by atoms with E-state index in [1.165, 1.54) is 10.5 Å². The van der Waals surface area contributed by atoms with Crippen molar-refractivity contribution in [1.82, 2.24) is 15.5 Å². The molecule has 0 fully saturated rings. The molecule has 1 unspecified atom stereocenters. The molecule has 4 nitrogen and oxygen atoms in total. The number of carbonyl (C=O) groups is 1. The quantitative estimate of drug-likeness (QED) is 0.771. The van der Waals surface area contributed by atoms with Gasteiger partial charge in [0.05, 0.1) is 23.5 Å². The normalized spacial score (nSPS) is 16.5. The van der Waals surface area contributed by atoms with Gasteiger partial charge in [-0.3, -0.25) is 9.89 Å². The molecule has 3 aromatic rings. The molecule has 0 radical (unpaired) electrons. The molecule has 2 N–H and O–H groups in total. The summed E-state index contributed by atoms with van der Waals surface area (Å²) in [7, 11) is 0. The number of carbonyl (C=O) groups excluding carboxylic acids is 1. The fourth-order valence-corrected chi connectivity index (χ4v) is 4.41. The van der Waals surface area contributed by atoms with E-state index in [9.17, 15) is 4.79 Å². The summed E-state index contributed by atoms with van der Waals surface area (Å²) in [4.78, 5) is 13.9. The Morgan fingerprint density at radius 2 is 2.23 bits per heavy atom. The topological polar surface area (TPSA) is 57.8 Å². The zero-order valence-corrected chi connectivity index (χ0v) is 13.2. The monoisotopic (exact) mass is 327 g/mol. The average Bonchev–Trinajstić information content (AvgIpc) is 3.27. The molecule has 3 heterocycles. The molecule has 1 aliphatic heterocycles. The molecule has 1 aliphatic rings. The van der Waals surface area contributed by atoms with Crippen molar-refractivity contribution in [3.8, 4) is 11.3 Å². The third kappa shape index (κ3) is 2.34. The molecule has 110 valence electrons. The van der Waals surface area contributed by atoms with Crippen LogP contribution in [0.1, 0.15) is 22.0 Å². The highest BCUT2D eigenvalue weighted by Crippen LogP contribution is 2.38. The maximum Gasteiger partial charge on any atom is 0.255 e. The molecule has 6 heteroatoms. The number of fused-ring (bicyclic) bond motifs is 1. The number of hydrogen-bond acceptors (Lipinski definition) is 4. The number of rotatable bonds is 3. The van der Waals surface area contributed by atoms with Crippen molar-refractivity contribution in [3.63, 3.8) is 0 Å². The Labute approximate surface area is 136 Å². The highest BCUT2D eigenvalue weighted by Gasteiger charge is 2.26. The minimum Gasteiger partial charge on any atom is -0.344 e. The zero-order valence-electron chi connectivity index (χ0n) is 11.6. The van der Waals surface area contributed by atoms with Gasteiger partial charge in [0.25, 0.3) is 5.91 Å². The predicted octanol–water partition coefficient (Wildman–Crippen LogP) is 3.72. The van der Waals surface area contributed by atoms with Gasteiger partial charge in [-0.1, -0.05) is 18.2 Å². The number of aromatic amines is 1. The van der Waals surface area contributed by atoms with E-state index in [0.717, 1.165) is 17.0 Å². The smallest absolute Gasteiger partial charge is 0.255 e. The Morgan fingerprint density at radius 3 is 3.09 bits per heavy atom. The summed E-state index contributed by atoms with van der Waals surface area (Å²) < 4.78 is 0. The van der Waals surface area contributed by atoms with Gasteiger partial charge in [-0.15, -0.1) is 11.8 Å². The molecule has 2 aromatic heterocycles. The summed E-state index contributed by atoms with van der Waals surface area (Å²) >= 11 is 3.38. The molecule has 0 saturated heterocycles. The summed E-state index contributed by atoms with van der Waals surface area (Å²) in [5.74, 6) is 0.786. The molecule has 1 atom stereocenters. The van der Waals surface area contributed by atoms with Crippen LogP contribution >= 0.6 is 23.1 Å². The standard InChI is InChI=1S/C16H13N3OS2/c20-16(12-7-17-19-15(12)10-5-6-21-8-10)18-13-9-22-14-4-2-1-3-11(13)14/h1-8,13H,9H2,(H,17,19)(H,18,20). The molecule has 0 bridgehead atoms. The lowest BCUT2D eigenvalue weighted by Gasteiger charge is -2.13. The Balaban J connectivity index is 1.58. The summed E-state index contributed by atoms with van der Waals surface area (Å²) in [5, 5.41) is 14.1. The lowest BCUT2D eigenvalue weighted by atomic mass is 10.1. The van der Waals surface area contributed by atoms with Crippen molar-refractivity contribution in [3.05, 3.63) is 58.4 Å². The van der Waals surface area contributed by atoms with Gasteiger partial charge in [0.2, 0.25) is 0 Å². The van der Waals surface area contributed by atoms with Crippen LogP contribution in [0.2, 0.25) is 0 Å². The van der Waals surface area contributed by atoms with Crippen LogP contribution in [-0.2, 0) is 0 Å². The van der Waals surface area contributed by atoms with Gasteiger partial charge < -0.3 is 5.32 Å². The summed E-state index contributed by atoms with van der Waals surface area (Å²) in [6.45, 7) is 0. The maximum absolute atomic E-state index is 12.6. The van der Waals surface area contributed by atoms with Crippen molar-refractivity contribution in [2.45, 2.75) is 10.9 Å². The minimum absolute atomic E-state index is 0.0546. The lowest BCUT2D eigenvalue weighted by Crippen LogP contribution is -2.28.